The highest BCUT2D eigenvalue weighted by Crippen LogP contribution is 2.33. The minimum absolute atomic E-state index is 0.101. The van der Waals surface area contributed by atoms with Crippen molar-refractivity contribution in [3.05, 3.63) is 114 Å². The second kappa shape index (κ2) is 11.1. The van der Waals surface area contributed by atoms with Crippen LogP contribution in [0.3, 0.4) is 0 Å². The average molecular weight is 549 g/mol. The Morgan fingerprint density at radius 3 is 2.54 bits per heavy atom. The molecule has 3 heterocycles. The molecule has 0 saturated heterocycles. The van der Waals surface area contributed by atoms with Crippen LogP contribution in [0.2, 0.25) is 0 Å². The molecule has 0 spiro atoms. The van der Waals surface area contributed by atoms with Gasteiger partial charge in [-0.05, 0) is 67.4 Å². The number of aromatic nitrogens is 2. The normalized spacial score (nSPS) is 11.9. The third kappa shape index (κ3) is 5.56. The van der Waals surface area contributed by atoms with Gasteiger partial charge in [-0.15, -0.1) is 0 Å². The van der Waals surface area contributed by atoms with Crippen molar-refractivity contribution in [3.8, 4) is 28.4 Å². The van der Waals surface area contributed by atoms with Crippen molar-refractivity contribution in [2.45, 2.75) is 20.4 Å². The average Bonchev–Trinajstić information content (AvgIpc) is 3.75. The molecule has 0 fully saturated rings. The first-order chi connectivity index (χ1) is 19.9. The number of benzene rings is 3. The van der Waals surface area contributed by atoms with Crippen LogP contribution in [-0.4, -0.2) is 39.6 Å². The minimum atomic E-state index is -0.402. The number of fused-ring (bicyclic) bond motifs is 1. The number of carbonyl (C=O) groups excluding carboxylic acids is 2. The molecule has 0 saturated carbocycles. The maximum atomic E-state index is 13.6. The van der Waals surface area contributed by atoms with Crippen LogP contribution in [0.1, 0.15) is 27.2 Å². The van der Waals surface area contributed by atoms with Crippen molar-refractivity contribution in [1.82, 2.24) is 14.5 Å². The number of aryl methyl sites for hydroxylation is 2. The first-order valence-electron chi connectivity index (χ1n) is 13.2. The first kappa shape index (κ1) is 25.9. The molecule has 5 aromatic rings. The molecule has 2 amide bonds. The molecule has 1 N–H and O–H groups in total. The molecule has 1 aliphatic heterocycles. The number of rotatable bonds is 8. The van der Waals surface area contributed by atoms with E-state index >= 15 is 0 Å². The SMILES string of the molecule is Cc1ccc(-n2cc(-c3ccccc3)nc2NC(=O)CN(Cc2ccco2)C(=O)c2ccc3c(c2)OCO3)cc1C. The van der Waals surface area contributed by atoms with Gasteiger partial charge in [0.25, 0.3) is 5.91 Å². The molecule has 0 atom stereocenters. The molecular formula is C32H28N4O5. The summed E-state index contributed by atoms with van der Waals surface area (Å²) in [6.07, 6.45) is 3.43. The van der Waals surface area contributed by atoms with Gasteiger partial charge < -0.3 is 18.8 Å². The Hall–Kier alpha value is -5.31. The Balaban J connectivity index is 1.29. The molecular weight excluding hydrogens is 520 g/mol. The van der Waals surface area contributed by atoms with Gasteiger partial charge in [-0.25, -0.2) is 4.98 Å². The van der Waals surface area contributed by atoms with E-state index in [2.05, 4.69) is 12.2 Å². The molecule has 2 aromatic heterocycles. The Labute approximate surface area is 237 Å². The smallest absolute Gasteiger partial charge is 0.254 e. The van der Waals surface area contributed by atoms with Gasteiger partial charge in [-0.1, -0.05) is 36.4 Å². The monoisotopic (exact) mass is 548 g/mol. The van der Waals surface area contributed by atoms with Crippen LogP contribution >= 0.6 is 0 Å². The number of amides is 2. The summed E-state index contributed by atoms with van der Waals surface area (Å²) in [6, 6.07) is 24.3. The Morgan fingerprint density at radius 1 is 0.927 bits per heavy atom. The van der Waals surface area contributed by atoms with Crippen molar-refractivity contribution in [3.63, 3.8) is 0 Å². The number of anilines is 1. The summed E-state index contributed by atoms with van der Waals surface area (Å²) in [5.41, 5.74) is 5.15. The van der Waals surface area contributed by atoms with Gasteiger partial charge in [-0.3, -0.25) is 19.5 Å². The highest BCUT2D eigenvalue weighted by Gasteiger charge is 2.24. The lowest BCUT2D eigenvalue weighted by Gasteiger charge is -2.21. The fraction of sp³-hybridized carbons (Fsp3) is 0.156. The van der Waals surface area contributed by atoms with Crippen LogP contribution in [0.5, 0.6) is 11.5 Å². The predicted molar refractivity (Wildman–Crippen MR) is 153 cm³/mol. The third-order valence-corrected chi connectivity index (χ3v) is 6.96. The topological polar surface area (TPSA) is 98.8 Å². The number of hydrogen-bond donors (Lipinski definition) is 1. The van der Waals surface area contributed by atoms with Crippen LogP contribution in [0.25, 0.3) is 16.9 Å². The zero-order valence-electron chi connectivity index (χ0n) is 22.7. The van der Waals surface area contributed by atoms with Crippen LogP contribution in [0.15, 0.2) is 95.7 Å². The van der Waals surface area contributed by atoms with Crippen molar-refractivity contribution in [1.29, 1.82) is 0 Å². The lowest BCUT2D eigenvalue weighted by atomic mass is 10.1. The number of nitrogens with one attached hydrogen (secondary N) is 1. The van der Waals surface area contributed by atoms with Crippen molar-refractivity contribution in [2.75, 3.05) is 18.7 Å². The van der Waals surface area contributed by atoms with E-state index in [-0.39, 0.29) is 25.8 Å². The third-order valence-electron chi connectivity index (χ3n) is 6.96. The Bertz CT molecular complexity index is 1710. The van der Waals surface area contributed by atoms with Crippen LogP contribution in [-0.2, 0) is 11.3 Å². The maximum absolute atomic E-state index is 13.6. The summed E-state index contributed by atoms with van der Waals surface area (Å²) in [6.45, 7) is 4.07. The maximum Gasteiger partial charge on any atom is 0.254 e. The number of imidazole rings is 1. The van der Waals surface area contributed by atoms with E-state index < -0.39 is 5.91 Å². The standard InChI is InChI=1S/C32H28N4O5/c1-21-10-12-25(15-22(21)2)36-18-27(23-7-4-3-5-8-23)33-32(36)34-30(37)19-35(17-26-9-6-14-39-26)31(38)24-11-13-28-29(16-24)41-20-40-28/h3-16,18H,17,19-20H2,1-2H3,(H,33,34,37). The summed E-state index contributed by atoms with van der Waals surface area (Å²) in [4.78, 5) is 33.3. The van der Waals surface area contributed by atoms with E-state index in [9.17, 15) is 9.59 Å². The van der Waals surface area contributed by atoms with Gasteiger partial charge in [0, 0.05) is 23.0 Å². The van der Waals surface area contributed by atoms with E-state index in [1.54, 1.807) is 30.3 Å². The van der Waals surface area contributed by atoms with Gasteiger partial charge in [0.2, 0.25) is 18.6 Å². The van der Waals surface area contributed by atoms with Gasteiger partial charge in [-0.2, -0.15) is 0 Å². The summed E-state index contributed by atoms with van der Waals surface area (Å²) in [5, 5.41) is 2.94. The highest BCUT2D eigenvalue weighted by molar-refractivity contribution is 5.99. The largest absolute Gasteiger partial charge is 0.467 e. The quantitative estimate of drug-likeness (QED) is 0.265. The van der Waals surface area contributed by atoms with Gasteiger partial charge in [0.1, 0.15) is 12.3 Å². The van der Waals surface area contributed by atoms with E-state index in [4.69, 9.17) is 18.9 Å². The number of nitrogens with zero attached hydrogens (tertiary/aromatic N) is 3. The number of hydrogen-bond acceptors (Lipinski definition) is 6. The van der Waals surface area contributed by atoms with Gasteiger partial charge in [0.05, 0.1) is 18.5 Å². The molecule has 6 rings (SSSR count). The molecule has 0 bridgehead atoms. The van der Waals surface area contributed by atoms with Gasteiger partial charge in [0.15, 0.2) is 11.5 Å². The van der Waals surface area contributed by atoms with E-state index in [1.807, 2.05) is 66.2 Å². The highest BCUT2D eigenvalue weighted by atomic mass is 16.7. The lowest BCUT2D eigenvalue weighted by molar-refractivity contribution is -0.117. The fourth-order valence-electron chi connectivity index (χ4n) is 4.63. The first-order valence-corrected chi connectivity index (χ1v) is 13.2. The summed E-state index contributed by atoms with van der Waals surface area (Å²) < 4.78 is 18.2. The Morgan fingerprint density at radius 2 is 1.76 bits per heavy atom. The van der Waals surface area contributed by atoms with Crippen LogP contribution in [0.4, 0.5) is 5.95 Å². The number of carbonyl (C=O) groups is 2. The van der Waals surface area contributed by atoms with E-state index in [0.29, 0.717) is 34.5 Å². The summed E-state index contributed by atoms with van der Waals surface area (Å²) >= 11 is 0. The molecule has 9 nitrogen and oxygen atoms in total. The van der Waals surface area contributed by atoms with Crippen molar-refractivity contribution < 1.29 is 23.5 Å². The molecule has 9 heteroatoms. The molecule has 0 unspecified atom stereocenters. The zero-order valence-corrected chi connectivity index (χ0v) is 22.7. The second-order valence-corrected chi connectivity index (χ2v) is 9.81. The van der Waals surface area contributed by atoms with Gasteiger partial charge >= 0.3 is 0 Å². The number of ether oxygens (including phenoxy) is 2. The molecule has 41 heavy (non-hydrogen) atoms. The molecule has 0 radical (unpaired) electrons. The zero-order chi connectivity index (χ0) is 28.3. The minimum Gasteiger partial charge on any atom is -0.467 e. The van der Waals surface area contributed by atoms with Crippen molar-refractivity contribution >= 4 is 17.8 Å². The number of furan rings is 1. The van der Waals surface area contributed by atoms with E-state index in [1.165, 1.54) is 16.7 Å². The van der Waals surface area contributed by atoms with Crippen LogP contribution in [0, 0.1) is 13.8 Å². The molecule has 3 aromatic carbocycles. The predicted octanol–water partition coefficient (Wildman–Crippen LogP) is 5.76. The second-order valence-electron chi connectivity index (χ2n) is 9.81. The van der Waals surface area contributed by atoms with E-state index in [0.717, 1.165) is 16.8 Å². The summed E-state index contributed by atoms with van der Waals surface area (Å²) in [5.74, 6) is 1.21. The summed E-state index contributed by atoms with van der Waals surface area (Å²) in [7, 11) is 0. The van der Waals surface area contributed by atoms with Crippen LogP contribution < -0.4 is 14.8 Å². The lowest BCUT2D eigenvalue weighted by Crippen LogP contribution is -2.37. The molecule has 0 aliphatic carbocycles. The van der Waals surface area contributed by atoms with Crippen molar-refractivity contribution in [2.24, 2.45) is 0 Å². The molecule has 1 aliphatic rings. The molecule has 206 valence electrons. The fourth-order valence-corrected chi connectivity index (χ4v) is 4.63. The Kier molecular flexibility index (Phi) is 6.99.